The molecule has 0 radical (unpaired) electrons. The summed E-state index contributed by atoms with van der Waals surface area (Å²) in [6, 6.07) is 7.30. The van der Waals surface area contributed by atoms with Crippen molar-refractivity contribution in [2.24, 2.45) is 0 Å². The molecule has 128 valence electrons. The van der Waals surface area contributed by atoms with Gasteiger partial charge in [-0.15, -0.1) is 0 Å². The van der Waals surface area contributed by atoms with Crippen LogP contribution in [0.3, 0.4) is 0 Å². The van der Waals surface area contributed by atoms with Crippen LogP contribution in [-0.2, 0) is 6.61 Å². The van der Waals surface area contributed by atoms with E-state index >= 15 is 0 Å². The maximum atomic E-state index is 6.11. The summed E-state index contributed by atoms with van der Waals surface area (Å²) in [7, 11) is 3.74. The maximum Gasteiger partial charge on any atom is 0.172 e. The quantitative estimate of drug-likeness (QED) is 0.578. The molecule has 24 heavy (non-hydrogen) atoms. The summed E-state index contributed by atoms with van der Waals surface area (Å²) in [4.78, 5) is 5.89. The Bertz CT molecular complexity index is 753. The lowest BCUT2D eigenvalue weighted by atomic mass is 10.3. The van der Waals surface area contributed by atoms with E-state index in [1.165, 1.54) is 0 Å². The highest BCUT2D eigenvalue weighted by atomic mass is 35.5. The number of nitrogens with zero attached hydrogens (tertiary/aromatic N) is 2. The first kappa shape index (κ1) is 18.9. The molecule has 0 fully saturated rings. The minimum absolute atomic E-state index is 0.0916. The number of nitrogen functional groups attached to an aromatic ring is 1. The van der Waals surface area contributed by atoms with Crippen LogP contribution in [0.4, 0.5) is 11.4 Å². The van der Waals surface area contributed by atoms with Gasteiger partial charge in [-0.2, -0.15) is 0 Å². The molecule has 1 heterocycles. The molecule has 3 N–H and O–H groups in total. The lowest BCUT2D eigenvalue weighted by Crippen LogP contribution is -2.26. The van der Waals surface area contributed by atoms with Gasteiger partial charge in [0.25, 0.3) is 0 Å². The summed E-state index contributed by atoms with van der Waals surface area (Å²) in [5.41, 5.74) is 7.24. The van der Waals surface area contributed by atoms with Gasteiger partial charge < -0.3 is 20.7 Å². The first-order valence-corrected chi connectivity index (χ1v) is 8.33. The predicted molar refractivity (Wildman–Crippen MR) is 104 cm³/mol. The van der Waals surface area contributed by atoms with Crippen molar-refractivity contribution in [1.29, 1.82) is 0 Å². The van der Waals surface area contributed by atoms with Crippen molar-refractivity contribution >= 4 is 63.5 Å². The minimum atomic E-state index is 0.0916. The molecule has 0 atom stereocenters. The zero-order valence-corrected chi connectivity index (χ0v) is 16.0. The number of nitrogens with two attached hydrogens (primary N) is 1. The highest BCUT2D eigenvalue weighted by Crippen LogP contribution is 2.34. The molecule has 0 unspecified atom stereocenters. The van der Waals surface area contributed by atoms with Gasteiger partial charge in [-0.3, -0.25) is 0 Å². The van der Waals surface area contributed by atoms with Crippen molar-refractivity contribution in [1.82, 2.24) is 9.88 Å². The van der Waals surface area contributed by atoms with Crippen molar-refractivity contribution in [3.8, 4) is 5.75 Å². The zero-order valence-electron chi connectivity index (χ0n) is 12.9. The number of hydrogen-bond acceptors (Lipinski definition) is 4. The summed E-state index contributed by atoms with van der Waals surface area (Å²) in [6.07, 6.45) is 0. The summed E-state index contributed by atoms with van der Waals surface area (Å²) in [5, 5.41) is 4.17. The van der Waals surface area contributed by atoms with Crippen LogP contribution >= 0.6 is 47.0 Å². The third-order valence-electron chi connectivity index (χ3n) is 3.03. The SMILES string of the molecule is CN(C)C(=S)Nc1ccc(OCc2nc(Cl)c(Cl)c(N)c2Cl)cc1. The molecule has 0 amide bonds. The Morgan fingerprint density at radius 3 is 2.42 bits per heavy atom. The second kappa shape index (κ2) is 8.07. The van der Waals surface area contributed by atoms with E-state index in [0.717, 1.165) is 5.69 Å². The minimum Gasteiger partial charge on any atom is -0.487 e. The van der Waals surface area contributed by atoms with E-state index < -0.39 is 0 Å². The van der Waals surface area contributed by atoms with Gasteiger partial charge in [-0.05, 0) is 36.5 Å². The molecule has 0 saturated carbocycles. The van der Waals surface area contributed by atoms with Gasteiger partial charge in [-0.25, -0.2) is 4.98 Å². The highest BCUT2D eigenvalue weighted by Gasteiger charge is 2.14. The van der Waals surface area contributed by atoms with E-state index in [1.54, 1.807) is 12.1 Å². The van der Waals surface area contributed by atoms with E-state index in [9.17, 15) is 0 Å². The second-order valence-electron chi connectivity index (χ2n) is 5.03. The Kier molecular flexibility index (Phi) is 6.34. The number of thiocarbonyl (C=S) groups is 1. The lowest BCUT2D eigenvalue weighted by Gasteiger charge is -2.15. The third-order valence-corrected chi connectivity index (χ3v) is 4.67. The van der Waals surface area contributed by atoms with Gasteiger partial charge >= 0.3 is 0 Å². The van der Waals surface area contributed by atoms with E-state index in [-0.39, 0.29) is 27.5 Å². The average molecular weight is 406 g/mol. The fourth-order valence-corrected chi connectivity index (χ4v) is 2.39. The normalized spacial score (nSPS) is 10.4. The van der Waals surface area contributed by atoms with Crippen molar-refractivity contribution in [2.45, 2.75) is 6.61 Å². The van der Waals surface area contributed by atoms with E-state index in [2.05, 4.69) is 10.3 Å². The van der Waals surface area contributed by atoms with E-state index in [1.807, 2.05) is 31.1 Å². The van der Waals surface area contributed by atoms with Crippen LogP contribution in [0.15, 0.2) is 24.3 Å². The molecule has 5 nitrogen and oxygen atoms in total. The Balaban J connectivity index is 2.04. The van der Waals surface area contributed by atoms with Gasteiger partial charge in [0.05, 0.1) is 10.7 Å². The maximum absolute atomic E-state index is 6.11. The van der Waals surface area contributed by atoms with Gasteiger partial charge in [-0.1, -0.05) is 34.8 Å². The van der Waals surface area contributed by atoms with E-state index in [4.69, 9.17) is 57.5 Å². The first-order valence-electron chi connectivity index (χ1n) is 6.79. The largest absolute Gasteiger partial charge is 0.487 e. The topological polar surface area (TPSA) is 63.4 Å². The molecule has 0 aliphatic rings. The number of ether oxygens (including phenoxy) is 1. The van der Waals surface area contributed by atoms with Crippen LogP contribution in [0, 0.1) is 0 Å². The number of hydrogen-bond donors (Lipinski definition) is 2. The van der Waals surface area contributed by atoms with Gasteiger partial charge in [0.1, 0.15) is 28.2 Å². The van der Waals surface area contributed by atoms with Crippen molar-refractivity contribution in [3.05, 3.63) is 45.2 Å². The fraction of sp³-hybridized carbons (Fsp3) is 0.200. The molecule has 9 heteroatoms. The van der Waals surface area contributed by atoms with Gasteiger partial charge in [0, 0.05) is 19.8 Å². The molecule has 1 aromatic carbocycles. The van der Waals surface area contributed by atoms with Crippen LogP contribution in [0.5, 0.6) is 5.75 Å². The van der Waals surface area contributed by atoms with Gasteiger partial charge in [0.15, 0.2) is 5.11 Å². The Hall–Kier alpha value is -1.47. The van der Waals surface area contributed by atoms with E-state index in [0.29, 0.717) is 16.6 Å². The van der Waals surface area contributed by atoms with Crippen LogP contribution in [0.1, 0.15) is 5.69 Å². The van der Waals surface area contributed by atoms with Gasteiger partial charge in [0.2, 0.25) is 0 Å². The summed E-state index contributed by atoms with van der Waals surface area (Å²) < 4.78 is 5.65. The fourth-order valence-electron chi connectivity index (χ4n) is 1.70. The predicted octanol–water partition coefficient (Wildman–Crippen LogP) is 4.46. The molecule has 0 aliphatic heterocycles. The molecular weight excluding hydrogens is 391 g/mol. The molecule has 2 aromatic rings. The first-order chi connectivity index (χ1) is 11.3. The lowest BCUT2D eigenvalue weighted by molar-refractivity contribution is 0.301. The number of anilines is 2. The van der Waals surface area contributed by atoms with Crippen LogP contribution in [0.25, 0.3) is 0 Å². The summed E-state index contributed by atoms with van der Waals surface area (Å²) in [5.74, 6) is 0.638. The van der Waals surface area contributed by atoms with Crippen molar-refractivity contribution in [3.63, 3.8) is 0 Å². The monoisotopic (exact) mass is 404 g/mol. The molecule has 0 bridgehead atoms. The summed E-state index contributed by atoms with van der Waals surface area (Å²) in [6.45, 7) is 0.114. The Morgan fingerprint density at radius 1 is 1.21 bits per heavy atom. The molecule has 0 saturated heterocycles. The molecule has 0 aliphatic carbocycles. The number of halogens is 3. The molecule has 0 spiro atoms. The Morgan fingerprint density at radius 2 is 1.83 bits per heavy atom. The average Bonchev–Trinajstić information content (AvgIpc) is 2.56. The number of benzene rings is 1. The summed E-state index contributed by atoms with van der Waals surface area (Å²) >= 11 is 23.1. The zero-order chi connectivity index (χ0) is 17.9. The molecule has 1 aromatic heterocycles. The molecular formula is C15H15Cl3N4OS. The number of rotatable bonds is 4. The van der Waals surface area contributed by atoms with Crippen molar-refractivity contribution < 1.29 is 4.74 Å². The number of pyridine rings is 1. The highest BCUT2D eigenvalue weighted by molar-refractivity contribution is 7.80. The van der Waals surface area contributed by atoms with Crippen LogP contribution in [0.2, 0.25) is 15.2 Å². The number of aromatic nitrogens is 1. The smallest absolute Gasteiger partial charge is 0.172 e. The standard InChI is InChI=1S/C15H15Cl3N4OS/c1-22(2)15(24)20-8-3-5-9(6-4-8)23-7-10-11(16)13(19)12(17)14(18)21-10/h3-6H,7H2,1-2H3,(H2,19,21)(H,20,24). The second-order valence-corrected chi connectivity index (χ2v) is 6.53. The third kappa shape index (κ3) is 4.54. The number of nitrogens with one attached hydrogen (secondary N) is 1. The van der Waals surface area contributed by atoms with Crippen LogP contribution in [-0.4, -0.2) is 29.1 Å². The molecule has 2 rings (SSSR count). The van der Waals surface area contributed by atoms with Crippen LogP contribution < -0.4 is 15.8 Å². The Labute approximate surface area is 160 Å². The van der Waals surface area contributed by atoms with Crippen molar-refractivity contribution in [2.75, 3.05) is 25.1 Å².